The van der Waals surface area contributed by atoms with Crippen LogP contribution in [-0.4, -0.2) is 22.1 Å². The number of pyridine rings is 1. The van der Waals surface area contributed by atoms with Crippen LogP contribution in [0.15, 0.2) is 75.9 Å². The summed E-state index contributed by atoms with van der Waals surface area (Å²) in [6.07, 6.45) is -2.61. The van der Waals surface area contributed by atoms with E-state index in [2.05, 4.69) is 27.3 Å². The minimum absolute atomic E-state index is 0.230. The second-order valence-electron chi connectivity index (χ2n) is 5.26. The van der Waals surface area contributed by atoms with Gasteiger partial charge in [-0.1, -0.05) is 18.2 Å². The summed E-state index contributed by atoms with van der Waals surface area (Å²) < 4.78 is 55.1. The van der Waals surface area contributed by atoms with E-state index in [0.717, 1.165) is 11.6 Å². The molecule has 4 nitrogen and oxygen atoms in total. The number of halogens is 4. The highest BCUT2D eigenvalue weighted by molar-refractivity contribution is 8.44. The summed E-state index contributed by atoms with van der Waals surface area (Å²) in [7, 11) is -4.05. The van der Waals surface area contributed by atoms with Crippen LogP contribution in [0.3, 0.4) is 0 Å². The van der Waals surface area contributed by atoms with Crippen molar-refractivity contribution in [1.82, 2.24) is 10.3 Å². The summed E-state index contributed by atoms with van der Waals surface area (Å²) in [6, 6.07) is 12.9. The molecule has 0 spiro atoms. The van der Waals surface area contributed by atoms with Crippen LogP contribution in [0, 0.1) is 12.0 Å². The fourth-order valence-electron chi connectivity index (χ4n) is 2.22. The zero-order valence-corrected chi connectivity index (χ0v) is 14.3. The van der Waals surface area contributed by atoms with E-state index in [4.69, 9.17) is 0 Å². The first-order valence-electron chi connectivity index (χ1n) is 7.48. The molecular formula is C18H11F4N3OS. The van der Waals surface area contributed by atoms with E-state index in [9.17, 15) is 18.0 Å². The molecule has 27 heavy (non-hydrogen) atoms. The first kappa shape index (κ1) is 18.7. The minimum atomic E-state index is -4.97. The number of hydrogen-bond acceptors (Lipinski definition) is 3. The number of carbonyl (C=O) groups is 1. The molecule has 0 bridgehead atoms. The second kappa shape index (κ2) is 7.25. The molecule has 0 aliphatic carbocycles. The molecule has 1 N–H and O–H groups in total. The number of allylic oxidation sites excluding steroid dienone is 1. The van der Waals surface area contributed by atoms with Crippen molar-refractivity contribution >= 4 is 21.4 Å². The summed E-state index contributed by atoms with van der Waals surface area (Å²) in [6.45, 7) is 0. The summed E-state index contributed by atoms with van der Waals surface area (Å²) in [5, 5.41) is 1.42. The highest BCUT2D eigenvalue weighted by atomic mass is 32.3. The zero-order chi connectivity index (χ0) is 19.5. The molecule has 1 aromatic carbocycles. The maximum atomic E-state index is 15.3. The molecule has 1 aliphatic heterocycles. The molecule has 2 heterocycles. The third-order valence-corrected chi connectivity index (χ3v) is 5.76. The first-order valence-corrected chi connectivity index (χ1v) is 9.07. The lowest BCUT2D eigenvalue weighted by Crippen LogP contribution is -2.24. The number of aliphatic imine (C=N–C) groups is 1. The molecule has 9 heteroatoms. The van der Waals surface area contributed by atoms with Crippen molar-refractivity contribution in [3.63, 3.8) is 0 Å². The molecule has 0 saturated heterocycles. The number of amides is 1. The van der Waals surface area contributed by atoms with Gasteiger partial charge in [0.2, 0.25) is 0 Å². The summed E-state index contributed by atoms with van der Waals surface area (Å²) in [5.41, 5.74) is -0.0791. The van der Waals surface area contributed by atoms with Crippen LogP contribution < -0.4 is 5.32 Å². The molecule has 1 atom stereocenters. The van der Waals surface area contributed by atoms with Crippen LogP contribution in [0.5, 0.6) is 0 Å². The molecule has 3 rings (SSSR count). The highest BCUT2D eigenvalue weighted by Crippen LogP contribution is 2.66. The Balaban J connectivity index is 1.87. The van der Waals surface area contributed by atoms with Crippen molar-refractivity contribution in [3.05, 3.63) is 71.5 Å². The van der Waals surface area contributed by atoms with Gasteiger partial charge in [-0.25, -0.2) is 4.99 Å². The van der Waals surface area contributed by atoms with Gasteiger partial charge >= 0.3 is 6.18 Å². The van der Waals surface area contributed by atoms with Crippen molar-refractivity contribution in [2.45, 2.75) is 11.1 Å². The molecule has 0 fully saturated rings. The van der Waals surface area contributed by atoms with Gasteiger partial charge in [-0.3, -0.25) is 15.1 Å². The predicted molar refractivity (Wildman–Crippen MR) is 94.5 cm³/mol. The predicted octanol–water partition coefficient (Wildman–Crippen LogP) is 4.34. The lowest BCUT2D eigenvalue weighted by molar-refractivity contribution is -0.0557. The largest absolute Gasteiger partial charge is 0.441 e. The van der Waals surface area contributed by atoms with Crippen LogP contribution in [-0.2, 0) is 0 Å². The lowest BCUT2D eigenvalue weighted by Gasteiger charge is -2.25. The van der Waals surface area contributed by atoms with Crippen molar-refractivity contribution in [2.24, 2.45) is 4.99 Å². The number of nitrogens with zero attached hydrogens (tertiary/aromatic N) is 2. The Labute approximate surface area is 153 Å². The standard InChI is InChI=1S/C18H11F4N3OS/c19-18(20,21)17-25-14(12-27(17,22)15-7-4-9-23-11-15)8-10-24-16(26)13-5-2-1-3-6-13/h1-7,9,11-12H,(H,24,26). The highest BCUT2D eigenvalue weighted by Gasteiger charge is 2.51. The Hall–Kier alpha value is -3.12. The number of hydrogen-bond donors (Lipinski definition) is 1. The molecule has 1 amide bonds. The smallest absolute Gasteiger partial charge is 0.281 e. The summed E-state index contributed by atoms with van der Waals surface area (Å²) in [5.74, 6) is 1.73. The lowest BCUT2D eigenvalue weighted by atomic mass is 10.2. The van der Waals surface area contributed by atoms with E-state index in [1.807, 2.05) is 0 Å². The number of benzene rings is 1. The Morgan fingerprint density at radius 3 is 2.48 bits per heavy atom. The van der Waals surface area contributed by atoms with Gasteiger partial charge < -0.3 is 0 Å². The Morgan fingerprint density at radius 1 is 1.11 bits per heavy atom. The Kier molecular flexibility index (Phi) is 5.01. The topological polar surface area (TPSA) is 54.4 Å². The van der Waals surface area contributed by atoms with Crippen molar-refractivity contribution in [3.8, 4) is 12.0 Å². The van der Waals surface area contributed by atoms with Gasteiger partial charge in [0.05, 0.1) is 0 Å². The van der Waals surface area contributed by atoms with Crippen molar-refractivity contribution in [2.75, 3.05) is 0 Å². The van der Waals surface area contributed by atoms with E-state index >= 15 is 3.89 Å². The van der Waals surface area contributed by atoms with Gasteiger partial charge in [-0.05, 0) is 30.2 Å². The van der Waals surface area contributed by atoms with Crippen molar-refractivity contribution in [1.29, 1.82) is 0 Å². The quantitative estimate of drug-likeness (QED) is 0.469. The monoisotopic (exact) mass is 393 g/mol. The zero-order valence-electron chi connectivity index (χ0n) is 13.5. The maximum Gasteiger partial charge on any atom is 0.441 e. The second-order valence-corrected chi connectivity index (χ2v) is 7.51. The van der Waals surface area contributed by atoms with Crippen LogP contribution in [0.4, 0.5) is 17.1 Å². The third kappa shape index (κ3) is 4.01. The number of carbonyl (C=O) groups excluding carboxylic acids is 1. The average Bonchev–Trinajstić information content (AvgIpc) is 3.01. The number of alkyl halides is 3. The van der Waals surface area contributed by atoms with Gasteiger partial charge in [0.1, 0.15) is 5.70 Å². The Morgan fingerprint density at radius 2 is 1.85 bits per heavy atom. The molecule has 0 radical (unpaired) electrons. The molecular weight excluding hydrogens is 382 g/mol. The van der Waals surface area contributed by atoms with Gasteiger partial charge in [-0.2, -0.15) is 17.1 Å². The molecule has 2 aromatic rings. The van der Waals surface area contributed by atoms with Gasteiger partial charge in [0.15, 0.2) is 5.04 Å². The van der Waals surface area contributed by atoms with Crippen LogP contribution in [0.25, 0.3) is 0 Å². The van der Waals surface area contributed by atoms with Crippen LogP contribution >= 0.6 is 10.4 Å². The van der Waals surface area contributed by atoms with E-state index in [-0.39, 0.29) is 4.90 Å². The van der Waals surface area contributed by atoms with Crippen LogP contribution in [0.1, 0.15) is 10.4 Å². The number of rotatable bonds is 2. The maximum absolute atomic E-state index is 15.3. The third-order valence-electron chi connectivity index (χ3n) is 3.40. The fourth-order valence-corrected chi connectivity index (χ4v) is 4.17. The van der Waals surface area contributed by atoms with E-state index in [0.29, 0.717) is 5.56 Å². The number of aromatic nitrogens is 1. The van der Waals surface area contributed by atoms with E-state index < -0.39 is 33.2 Å². The van der Waals surface area contributed by atoms with Crippen molar-refractivity contribution < 1.29 is 21.9 Å². The average molecular weight is 393 g/mol. The fraction of sp³-hybridized carbons (Fsp3) is 0.0556. The summed E-state index contributed by atoms with van der Waals surface area (Å²) >= 11 is 0. The molecule has 0 saturated carbocycles. The van der Waals surface area contributed by atoms with Gasteiger partial charge in [0, 0.05) is 44.7 Å². The molecule has 138 valence electrons. The molecule has 1 aliphatic rings. The van der Waals surface area contributed by atoms with Gasteiger partial charge in [-0.15, -0.1) is 0 Å². The van der Waals surface area contributed by atoms with E-state index in [1.165, 1.54) is 18.3 Å². The SMILES string of the molecule is O=C(NC#CC1=CS(F)(c2cccnc2)C(C(F)(F)F)=N1)c1ccccc1. The van der Waals surface area contributed by atoms with Gasteiger partial charge in [0.25, 0.3) is 5.91 Å². The van der Waals surface area contributed by atoms with Crippen LogP contribution in [0.2, 0.25) is 0 Å². The first-order chi connectivity index (χ1) is 12.8. The summed E-state index contributed by atoms with van der Waals surface area (Å²) in [4.78, 5) is 18.6. The molecule has 1 aromatic heterocycles. The normalized spacial score (nSPS) is 21.2. The Bertz CT molecular complexity index is 978. The van der Waals surface area contributed by atoms with E-state index in [1.54, 1.807) is 30.3 Å². The number of nitrogens with one attached hydrogen (secondary N) is 1. The molecule has 1 unspecified atom stereocenters. The minimum Gasteiger partial charge on any atom is -0.281 e.